The number of aliphatic hydroxyl groups excluding tert-OH is 1. The first-order valence-corrected chi connectivity index (χ1v) is 12.6. The molecule has 1 saturated heterocycles. The average Bonchev–Trinajstić information content (AvgIpc) is 3.14. The van der Waals surface area contributed by atoms with Crippen molar-refractivity contribution in [1.29, 1.82) is 0 Å². The number of aryl methyl sites for hydroxylation is 1. The third-order valence-corrected chi connectivity index (χ3v) is 7.65. The van der Waals surface area contributed by atoms with Gasteiger partial charge in [-0.2, -0.15) is 0 Å². The molecule has 0 aliphatic carbocycles. The molecule has 1 N–H and O–H groups in total. The first-order chi connectivity index (χ1) is 15.4. The molecule has 1 aliphatic heterocycles. The first-order valence-electron chi connectivity index (χ1n) is 10.7. The Morgan fingerprint density at radius 1 is 1.16 bits per heavy atom. The molecule has 0 saturated carbocycles. The molecule has 1 fully saturated rings. The summed E-state index contributed by atoms with van der Waals surface area (Å²) in [5.74, 6) is 1.50. The van der Waals surface area contributed by atoms with E-state index in [-0.39, 0.29) is 0 Å². The second-order valence-corrected chi connectivity index (χ2v) is 10.4. The van der Waals surface area contributed by atoms with Gasteiger partial charge in [0.1, 0.15) is 24.2 Å². The van der Waals surface area contributed by atoms with Crippen LogP contribution in [0.3, 0.4) is 0 Å². The van der Waals surface area contributed by atoms with Crippen molar-refractivity contribution in [3.63, 3.8) is 0 Å². The Labute approximate surface area is 205 Å². The molecule has 3 aromatic rings. The highest BCUT2D eigenvalue weighted by molar-refractivity contribution is 9.10. The van der Waals surface area contributed by atoms with Gasteiger partial charge in [0.05, 0.1) is 20.2 Å². The van der Waals surface area contributed by atoms with Crippen molar-refractivity contribution >= 4 is 49.1 Å². The molecular weight excluding hydrogens is 514 g/mol. The number of rotatable bonds is 8. The maximum Gasteiger partial charge on any atom is 0.178 e. The van der Waals surface area contributed by atoms with Gasteiger partial charge >= 0.3 is 0 Å². The molecule has 2 heterocycles. The lowest BCUT2D eigenvalue weighted by Crippen LogP contribution is -2.55. The van der Waals surface area contributed by atoms with Gasteiger partial charge in [-0.25, -0.2) is 4.98 Å². The molecule has 1 unspecified atom stereocenters. The van der Waals surface area contributed by atoms with Crippen LogP contribution in [0.4, 0.5) is 0 Å². The lowest BCUT2D eigenvalue weighted by Gasteiger charge is -2.40. The van der Waals surface area contributed by atoms with Crippen LogP contribution in [0.5, 0.6) is 11.5 Å². The molecular formula is C23H27BrClN3O3S. The fourth-order valence-electron chi connectivity index (χ4n) is 3.81. The van der Waals surface area contributed by atoms with Crippen LogP contribution in [0, 0.1) is 6.92 Å². The SMILES string of the molecule is Cc1nc2cc(OC([C@@H](C)O)N3CCN(CCOc4ccc(Br)c(Cl)c4)CC3)ccc2s1. The highest BCUT2D eigenvalue weighted by atomic mass is 79.9. The second-order valence-electron chi connectivity index (χ2n) is 7.91. The zero-order chi connectivity index (χ0) is 22.7. The van der Waals surface area contributed by atoms with Crippen LogP contribution in [-0.4, -0.2) is 71.6 Å². The number of hydrogen-bond donors (Lipinski definition) is 1. The van der Waals surface area contributed by atoms with Crippen molar-refractivity contribution in [2.75, 3.05) is 39.3 Å². The highest BCUT2D eigenvalue weighted by Crippen LogP contribution is 2.28. The van der Waals surface area contributed by atoms with E-state index in [4.69, 9.17) is 21.1 Å². The van der Waals surface area contributed by atoms with E-state index in [0.717, 1.165) is 63.9 Å². The molecule has 2 aromatic carbocycles. The number of benzene rings is 2. The third-order valence-electron chi connectivity index (χ3n) is 5.47. The molecule has 32 heavy (non-hydrogen) atoms. The largest absolute Gasteiger partial charge is 0.492 e. The number of piperazine rings is 1. The summed E-state index contributed by atoms with van der Waals surface area (Å²) in [5, 5.41) is 12.1. The first kappa shape index (κ1) is 23.7. The fourth-order valence-corrected chi connectivity index (χ4v) is 5.04. The van der Waals surface area contributed by atoms with Crippen LogP contribution < -0.4 is 9.47 Å². The molecule has 4 rings (SSSR count). The van der Waals surface area contributed by atoms with E-state index in [1.807, 2.05) is 43.3 Å². The normalized spacial score (nSPS) is 17.4. The van der Waals surface area contributed by atoms with E-state index in [2.05, 4.69) is 30.7 Å². The molecule has 1 aliphatic rings. The zero-order valence-electron chi connectivity index (χ0n) is 18.1. The minimum atomic E-state index is -0.611. The number of ether oxygens (including phenoxy) is 2. The Bertz CT molecular complexity index is 1060. The molecule has 0 spiro atoms. The van der Waals surface area contributed by atoms with Crippen molar-refractivity contribution in [3.05, 3.63) is 50.9 Å². The van der Waals surface area contributed by atoms with Crippen LogP contribution >= 0.6 is 38.9 Å². The maximum atomic E-state index is 10.4. The van der Waals surface area contributed by atoms with Crippen LogP contribution in [-0.2, 0) is 0 Å². The van der Waals surface area contributed by atoms with E-state index in [0.29, 0.717) is 11.6 Å². The van der Waals surface area contributed by atoms with Crippen molar-refractivity contribution < 1.29 is 14.6 Å². The van der Waals surface area contributed by atoms with Gasteiger partial charge in [-0.3, -0.25) is 9.80 Å². The van der Waals surface area contributed by atoms with Crippen LogP contribution in [0.1, 0.15) is 11.9 Å². The monoisotopic (exact) mass is 539 g/mol. The van der Waals surface area contributed by atoms with Crippen LogP contribution in [0.2, 0.25) is 5.02 Å². The topological polar surface area (TPSA) is 58.1 Å². The second kappa shape index (κ2) is 10.7. The summed E-state index contributed by atoms with van der Waals surface area (Å²) in [6.07, 6.45) is -1.00. The van der Waals surface area contributed by atoms with Crippen molar-refractivity contribution in [3.8, 4) is 11.5 Å². The molecule has 0 amide bonds. The van der Waals surface area contributed by atoms with Gasteiger partial charge in [0.25, 0.3) is 0 Å². The van der Waals surface area contributed by atoms with Gasteiger partial charge in [-0.15, -0.1) is 11.3 Å². The molecule has 0 radical (unpaired) electrons. The van der Waals surface area contributed by atoms with Crippen LogP contribution in [0.25, 0.3) is 10.2 Å². The van der Waals surface area contributed by atoms with Crippen molar-refractivity contribution in [2.45, 2.75) is 26.2 Å². The molecule has 0 bridgehead atoms. The van der Waals surface area contributed by atoms with Gasteiger partial charge in [0, 0.05) is 43.3 Å². The molecule has 9 heteroatoms. The minimum absolute atomic E-state index is 0.393. The van der Waals surface area contributed by atoms with E-state index in [9.17, 15) is 5.11 Å². The Hall–Kier alpha value is -1.42. The highest BCUT2D eigenvalue weighted by Gasteiger charge is 2.28. The van der Waals surface area contributed by atoms with Gasteiger partial charge in [0.15, 0.2) is 6.23 Å². The average molecular weight is 541 g/mol. The van der Waals surface area contributed by atoms with Crippen molar-refractivity contribution in [1.82, 2.24) is 14.8 Å². The van der Waals surface area contributed by atoms with Gasteiger partial charge in [-0.05, 0) is 60.1 Å². The smallest absolute Gasteiger partial charge is 0.178 e. The third kappa shape index (κ3) is 5.92. The number of fused-ring (bicyclic) bond motifs is 1. The molecule has 2 atom stereocenters. The lowest BCUT2D eigenvalue weighted by atomic mass is 10.2. The molecule has 1 aromatic heterocycles. The summed E-state index contributed by atoms with van der Waals surface area (Å²) in [4.78, 5) is 9.10. The number of thiazole rings is 1. The zero-order valence-corrected chi connectivity index (χ0v) is 21.3. The summed E-state index contributed by atoms with van der Waals surface area (Å²) >= 11 is 11.2. The molecule has 172 valence electrons. The Balaban J connectivity index is 1.28. The summed E-state index contributed by atoms with van der Waals surface area (Å²) in [6, 6.07) is 11.6. The fraction of sp³-hybridized carbons (Fsp3) is 0.435. The summed E-state index contributed by atoms with van der Waals surface area (Å²) in [6.45, 7) is 8.63. The molecule has 6 nitrogen and oxygen atoms in total. The van der Waals surface area contributed by atoms with E-state index in [1.54, 1.807) is 18.3 Å². The predicted molar refractivity (Wildman–Crippen MR) is 133 cm³/mol. The van der Waals surface area contributed by atoms with E-state index >= 15 is 0 Å². The maximum absolute atomic E-state index is 10.4. The Morgan fingerprint density at radius 3 is 2.62 bits per heavy atom. The number of hydrogen-bond acceptors (Lipinski definition) is 7. The van der Waals surface area contributed by atoms with Crippen LogP contribution in [0.15, 0.2) is 40.9 Å². The van der Waals surface area contributed by atoms with Gasteiger partial charge < -0.3 is 14.6 Å². The summed E-state index contributed by atoms with van der Waals surface area (Å²) in [7, 11) is 0. The summed E-state index contributed by atoms with van der Waals surface area (Å²) in [5.41, 5.74) is 0.936. The lowest BCUT2D eigenvalue weighted by molar-refractivity contribution is -0.0749. The summed E-state index contributed by atoms with van der Waals surface area (Å²) < 4.78 is 14.1. The Morgan fingerprint density at radius 2 is 1.91 bits per heavy atom. The van der Waals surface area contributed by atoms with E-state index < -0.39 is 12.3 Å². The number of aliphatic hydroxyl groups is 1. The van der Waals surface area contributed by atoms with E-state index in [1.165, 1.54) is 0 Å². The van der Waals surface area contributed by atoms with Gasteiger partial charge in [-0.1, -0.05) is 11.6 Å². The number of halogens is 2. The quantitative estimate of drug-likeness (QED) is 0.443. The van der Waals surface area contributed by atoms with Crippen molar-refractivity contribution in [2.24, 2.45) is 0 Å². The van der Waals surface area contributed by atoms with Gasteiger partial charge in [0.2, 0.25) is 0 Å². The predicted octanol–water partition coefficient (Wildman–Crippen LogP) is 4.80. The number of nitrogens with zero attached hydrogens (tertiary/aromatic N) is 3. The Kier molecular flexibility index (Phi) is 7.91. The number of aromatic nitrogens is 1. The minimum Gasteiger partial charge on any atom is -0.492 e. The standard InChI is InChI=1S/C23H27BrClN3O3S/c1-15(29)23(31-18-4-6-22-21(14-18)26-16(2)32-22)28-9-7-27(8-10-28)11-12-30-17-3-5-19(24)20(25)13-17/h3-6,13-15,23,29H,7-12H2,1-2H3/t15-,23?/m1/s1.